The van der Waals surface area contributed by atoms with Gasteiger partial charge in [-0.05, 0) is 59.0 Å². The molecule has 2 N–H and O–H groups in total. The van der Waals surface area contributed by atoms with Crippen molar-refractivity contribution in [2.45, 2.75) is 0 Å². The lowest BCUT2D eigenvalue weighted by molar-refractivity contribution is 0.103. The van der Waals surface area contributed by atoms with Crippen LogP contribution in [0.1, 0.15) is 15.9 Å². The lowest BCUT2D eigenvalue weighted by Gasteiger charge is -2.06. The van der Waals surface area contributed by atoms with Gasteiger partial charge in [0, 0.05) is 19.2 Å². The van der Waals surface area contributed by atoms with E-state index >= 15 is 0 Å². The van der Waals surface area contributed by atoms with Gasteiger partial charge in [0.1, 0.15) is 0 Å². The molecule has 0 spiro atoms. The van der Waals surface area contributed by atoms with E-state index in [2.05, 4.69) is 38.5 Å². The molecule has 0 bridgehead atoms. The summed E-state index contributed by atoms with van der Waals surface area (Å²) in [6.45, 7) is 0. The summed E-state index contributed by atoms with van der Waals surface area (Å²) in [4.78, 5) is 12.4. The van der Waals surface area contributed by atoms with Crippen molar-refractivity contribution in [3.05, 3.63) is 60.6 Å². The molecule has 0 aliphatic carbocycles. The molecule has 2 nitrogen and oxygen atoms in total. The van der Waals surface area contributed by atoms with E-state index in [9.17, 15) is 4.79 Å². The first-order valence-electron chi connectivity index (χ1n) is 5.04. The normalized spacial score (nSPS) is 10.4. The van der Waals surface area contributed by atoms with Crippen LogP contribution in [0.2, 0.25) is 5.02 Å². The second-order valence-corrected chi connectivity index (χ2v) is 6.17. The van der Waals surface area contributed by atoms with Crippen LogP contribution in [0.5, 0.6) is 0 Å². The Kier molecular flexibility index (Phi) is 4.29. The molecule has 0 radical (unpaired) electrons. The Labute approximate surface area is 132 Å². The van der Waals surface area contributed by atoms with Crippen LogP contribution in [0.4, 0.5) is 5.69 Å². The molecule has 0 saturated carbocycles. The third kappa shape index (κ3) is 2.87. The van der Waals surface area contributed by atoms with Gasteiger partial charge in [0.05, 0.1) is 10.7 Å². The van der Waals surface area contributed by atoms with Crippen LogP contribution in [-0.2, 0) is 0 Å². The minimum Gasteiger partial charge on any atom is -0.398 e. The zero-order chi connectivity index (χ0) is 13.3. The first kappa shape index (κ1) is 13.8. The number of hydrogen-bond acceptors (Lipinski definition) is 2. The van der Waals surface area contributed by atoms with Crippen LogP contribution in [0.3, 0.4) is 0 Å². The third-order valence-electron chi connectivity index (χ3n) is 2.44. The average molecular weight is 436 g/mol. The van der Waals surface area contributed by atoms with Crippen molar-refractivity contribution in [1.82, 2.24) is 0 Å². The molecular formula is C13H8BrClINO. The molecule has 0 heterocycles. The number of halogens is 3. The summed E-state index contributed by atoms with van der Waals surface area (Å²) in [7, 11) is 0. The van der Waals surface area contributed by atoms with E-state index in [4.69, 9.17) is 17.3 Å². The second-order valence-electron chi connectivity index (χ2n) is 3.69. The van der Waals surface area contributed by atoms with Crippen LogP contribution < -0.4 is 5.73 Å². The molecule has 2 aromatic carbocycles. The van der Waals surface area contributed by atoms with Crippen molar-refractivity contribution < 1.29 is 4.79 Å². The van der Waals surface area contributed by atoms with Crippen molar-refractivity contribution >= 4 is 61.6 Å². The zero-order valence-electron chi connectivity index (χ0n) is 9.08. The monoisotopic (exact) mass is 435 g/mol. The van der Waals surface area contributed by atoms with Gasteiger partial charge >= 0.3 is 0 Å². The Morgan fingerprint density at radius 2 is 1.94 bits per heavy atom. The number of carbonyl (C=O) groups excluding carboxylic acids is 1. The Morgan fingerprint density at radius 1 is 1.22 bits per heavy atom. The number of hydrogen-bond donors (Lipinski definition) is 1. The summed E-state index contributed by atoms with van der Waals surface area (Å²) < 4.78 is 1.77. The van der Waals surface area contributed by atoms with Gasteiger partial charge in [-0.1, -0.05) is 27.5 Å². The second kappa shape index (κ2) is 5.59. The quantitative estimate of drug-likeness (QED) is 0.427. The van der Waals surface area contributed by atoms with Gasteiger partial charge in [0.25, 0.3) is 0 Å². The fourth-order valence-electron chi connectivity index (χ4n) is 1.50. The molecule has 92 valence electrons. The Bertz CT molecular complexity index is 630. The first-order valence-corrected chi connectivity index (χ1v) is 7.29. The lowest BCUT2D eigenvalue weighted by atomic mass is 10.0. The van der Waals surface area contributed by atoms with Gasteiger partial charge in [0.15, 0.2) is 5.78 Å². The minimum absolute atomic E-state index is 0.0670. The Hall–Kier alpha value is -0.590. The van der Waals surface area contributed by atoms with E-state index in [0.717, 1.165) is 8.04 Å². The molecule has 0 fully saturated rings. The van der Waals surface area contributed by atoms with Gasteiger partial charge in [-0.15, -0.1) is 0 Å². The van der Waals surface area contributed by atoms with E-state index < -0.39 is 0 Å². The van der Waals surface area contributed by atoms with E-state index in [-0.39, 0.29) is 5.78 Å². The number of carbonyl (C=O) groups is 1. The Balaban J connectivity index is 2.47. The number of nitrogens with two attached hydrogens (primary N) is 1. The third-order valence-corrected chi connectivity index (χ3v) is 4.20. The highest BCUT2D eigenvalue weighted by Gasteiger charge is 2.14. The molecule has 0 aromatic heterocycles. The van der Waals surface area contributed by atoms with Gasteiger partial charge in [-0.3, -0.25) is 4.79 Å². The van der Waals surface area contributed by atoms with Crippen LogP contribution in [0, 0.1) is 3.57 Å². The number of rotatable bonds is 2. The molecule has 0 unspecified atom stereocenters. The molecule has 2 rings (SSSR count). The molecule has 0 amide bonds. The van der Waals surface area contributed by atoms with Crippen molar-refractivity contribution in [2.24, 2.45) is 0 Å². The smallest absolute Gasteiger partial charge is 0.194 e. The van der Waals surface area contributed by atoms with Gasteiger partial charge in [0.2, 0.25) is 0 Å². The van der Waals surface area contributed by atoms with Crippen LogP contribution in [-0.4, -0.2) is 5.78 Å². The summed E-state index contributed by atoms with van der Waals surface area (Å²) in [5.74, 6) is -0.0670. The van der Waals surface area contributed by atoms with E-state index in [1.165, 1.54) is 0 Å². The maximum Gasteiger partial charge on any atom is 0.194 e. The summed E-state index contributed by atoms with van der Waals surface area (Å²) in [5, 5.41) is 0.394. The van der Waals surface area contributed by atoms with Crippen molar-refractivity contribution in [3.8, 4) is 0 Å². The number of ketones is 1. The molecule has 0 atom stereocenters. The number of anilines is 1. The summed E-state index contributed by atoms with van der Waals surface area (Å²) >= 11 is 11.4. The maximum absolute atomic E-state index is 12.4. The van der Waals surface area contributed by atoms with Crippen molar-refractivity contribution in [3.63, 3.8) is 0 Å². The fraction of sp³-hybridized carbons (Fsp3) is 0. The van der Waals surface area contributed by atoms with Crippen molar-refractivity contribution in [2.75, 3.05) is 5.73 Å². The molecule has 0 aliphatic rings. The average Bonchev–Trinajstić information content (AvgIpc) is 2.35. The summed E-state index contributed by atoms with van der Waals surface area (Å²) in [6, 6.07) is 10.5. The first-order chi connectivity index (χ1) is 8.49. The minimum atomic E-state index is -0.0670. The summed E-state index contributed by atoms with van der Waals surface area (Å²) in [5.41, 5.74) is 7.28. The molecule has 5 heteroatoms. The molecular weight excluding hydrogens is 428 g/mol. The predicted molar refractivity (Wildman–Crippen MR) is 86.2 cm³/mol. The van der Waals surface area contributed by atoms with Gasteiger partial charge in [-0.25, -0.2) is 0 Å². The number of benzene rings is 2. The van der Waals surface area contributed by atoms with Crippen LogP contribution >= 0.6 is 50.1 Å². The van der Waals surface area contributed by atoms with E-state index in [1.54, 1.807) is 24.3 Å². The highest BCUT2D eigenvalue weighted by molar-refractivity contribution is 14.1. The molecule has 18 heavy (non-hydrogen) atoms. The molecule has 0 saturated heterocycles. The van der Waals surface area contributed by atoms with Gasteiger partial charge < -0.3 is 5.73 Å². The largest absolute Gasteiger partial charge is 0.398 e. The number of nitrogen functional groups attached to an aromatic ring is 1. The lowest BCUT2D eigenvalue weighted by Crippen LogP contribution is -2.04. The maximum atomic E-state index is 12.4. The summed E-state index contributed by atoms with van der Waals surface area (Å²) in [6.07, 6.45) is 0. The van der Waals surface area contributed by atoms with Crippen LogP contribution in [0.25, 0.3) is 0 Å². The van der Waals surface area contributed by atoms with Crippen molar-refractivity contribution in [1.29, 1.82) is 0 Å². The Morgan fingerprint density at radius 3 is 2.61 bits per heavy atom. The zero-order valence-corrected chi connectivity index (χ0v) is 13.6. The van der Waals surface area contributed by atoms with Crippen LogP contribution in [0.15, 0.2) is 40.9 Å². The SMILES string of the molecule is Nc1ccc(C(=O)c2cc(Br)ccc2I)cc1Cl. The fourth-order valence-corrected chi connectivity index (χ4v) is 2.62. The van der Waals surface area contributed by atoms with E-state index in [0.29, 0.717) is 21.8 Å². The molecule has 2 aromatic rings. The molecule has 0 aliphatic heterocycles. The predicted octanol–water partition coefficient (Wildman–Crippen LogP) is 4.52. The topological polar surface area (TPSA) is 43.1 Å². The standard InChI is InChI=1S/C13H8BrClINO/c14-8-2-3-11(16)9(6-8)13(18)7-1-4-12(17)10(15)5-7/h1-6H,17H2. The van der Waals surface area contributed by atoms with E-state index in [1.807, 2.05) is 12.1 Å². The highest BCUT2D eigenvalue weighted by Crippen LogP contribution is 2.24. The van der Waals surface area contributed by atoms with Gasteiger partial charge in [-0.2, -0.15) is 0 Å². The highest BCUT2D eigenvalue weighted by atomic mass is 127.